The molecule has 3 heterocycles. The maximum Gasteiger partial charge on any atom is 0.419 e. The van der Waals surface area contributed by atoms with Gasteiger partial charge in [0.25, 0.3) is 0 Å². The summed E-state index contributed by atoms with van der Waals surface area (Å²) in [4.78, 5) is 8.16. The number of ether oxygens (including phenoxy) is 1. The van der Waals surface area contributed by atoms with Gasteiger partial charge in [0, 0.05) is 42.9 Å². The lowest BCUT2D eigenvalue weighted by Crippen LogP contribution is -2.52. The Morgan fingerprint density at radius 3 is 2.65 bits per heavy atom. The van der Waals surface area contributed by atoms with Gasteiger partial charge in [-0.3, -0.25) is 4.90 Å². The van der Waals surface area contributed by atoms with E-state index < -0.39 is 11.7 Å². The molecule has 23 heavy (non-hydrogen) atoms. The Hall–Kier alpha value is -0.860. The Balaban J connectivity index is 1.81. The van der Waals surface area contributed by atoms with Gasteiger partial charge in [0.1, 0.15) is 5.82 Å². The monoisotopic (exact) mass is 393 g/mol. The molecule has 0 spiro atoms. The van der Waals surface area contributed by atoms with Crippen molar-refractivity contribution >= 4 is 21.7 Å². The molecule has 0 aromatic carbocycles. The third-order valence-electron chi connectivity index (χ3n) is 4.40. The summed E-state index contributed by atoms with van der Waals surface area (Å²) in [6.45, 7) is 4.27. The molecular weight excluding hydrogens is 375 g/mol. The second kappa shape index (κ2) is 6.94. The van der Waals surface area contributed by atoms with Crippen LogP contribution in [0.1, 0.15) is 18.4 Å². The van der Waals surface area contributed by atoms with E-state index in [1.54, 1.807) is 4.90 Å². The zero-order valence-electron chi connectivity index (χ0n) is 12.7. The smallest absolute Gasteiger partial charge is 0.379 e. The second-order valence-electron chi connectivity index (χ2n) is 5.91. The summed E-state index contributed by atoms with van der Waals surface area (Å²) < 4.78 is 45.7. The molecule has 8 heteroatoms. The van der Waals surface area contributed by atoms with Gasteiger partial charge in [-0.15, -0.1) is 0 Å². The lowest BCUT2D eigenvalue weighted by atomic mass is 10.0. The number of morpholine rings is 1. The third-order valence-corrected chi connectivity index (χ3v) is 4.83. The fourth-order valence-electron chi connectivity index (χ4n) is 3.28. The summed E-state index contributed by atoms with van der Waals surface area (Å²) in [6, 6.07) is 1.37. The highest BCUT2D eigenvalue weighted by Crippen LogP contribution is 2.37. The molecule has 2 aliphatic rings. The first kappa shape index (κ1) is 17.0. The van der Waals surface area contributed by atoms with Crippen LogP contribution in [-0.4, -0.2) is 55.3 Å². The number of halogens is 4. The van der Waals surface area contributed by atoms with Crippen LogP contribution in [-0.2, 0) is 10.9 Å². The molecule has 0 saturated carbocycles. The van der Waals surface area contributed by atoms with Crippen LogP contribution in [0.3, 0.4) is 0 Å². The van der Waals surface area contributed by atoms with Crippen LogP contribution in [0.4, 0.5) is 19.0 Å². The first-order chi connectivity index (χ1) is 10.9. The van der Waals surface area contributed by atoms with Crippen LogP contribution in [0.15, 0.2) is 16.7 Å². The van der Waals surface area contributed by atoms with Gasteiger partial charge in [-0.1, -0.05) is 0 Å². The van der Waals surface area contributed by atoms with Gasteiger partial charge in [0.15, 0.2) is 0 Å². The number of anilines is 1. The van der Waals surface area contributed by atoms with Gasteiger partial charge in [-0.05, 0) is 34.8 Å². The van der Waals surface area contributed by atoms with E-state index >= 15 is 0 Å². The van der Waals surface area contributed by atoms with Gasteiger partial charge in [-0.2, -0.15) is 13.2 Å². The number of hydrogen-bond donors (Lipinski definition) is 0. The molecule has 0 aliphatic carbocycles. The summed E-state index contributed by atoms with van der Waals surface area (Å²) in [5.41, 5.74) is -0.672. The van der Waals surface area contributed by atoms with E-state index in [1.807, 2.05) is 0 Å². The Labute approximate surface area is 141 Å². The lowest BCUT2D eigenvalue weighted by Gasteiger charge is -2.41. The first-order valence-corrected chi connectivity index (χ1v) is 8.54. The molecule has 0 N–H and O–H groups in total. The first-order valence-electron chi connectivity index (χ1n) is 7.74. The molecule has 0 amide bonds. The van der Waals surface area contributed by atoms with Gasteiger partial charge < -0.3 is 9.64 Å². The maximum absolute atomic E-state index is 13.3. The molecule has 0 bridgehead atoms. The third kappa shape index (κ3) is 3.97. The Morgan fingerprint density at radius 1 is 1.22 bits per heavy atom. The Morgan fingerprint density at radius 2 is 1.96 bits per heavy atom. The fraction of sp³-hybridized carbons (Fsp3) is 0.667. The quantitative estimate of drug-likeness (QED) is 0.771. The van der Waals surface area contributed by atoms with E-state index in [0.29, 0.717) is 30.8 Å². The number of nitrogens with zero attached hydrogens (tertiary/aromatic N) is 3. The molecule has 1 aromatic rings. The van der Waals surface area contributed by atoms with E-state index in [9.17, 15) is 13.2 Å². The van der Waals surface area contributed by atoms with Gasteiger partial charge in [0.2, 0.25) is 0 Å². The Kier molecular flexibility index (Phi) is 5.13. The Bertz CT molecular complexity index is 549. The number of hydrogen-bond acceptors (Lipinski definition) is 4. The van der Waals surface area contributed by atoms with Gasteiger partial charge in [0.05, 0.1) is 18.8 Å². The van der Waals surface area contributed by atoms with Crippen molar-refractivity contribution < 1.29 is 17.9 Å². The predicted octanol–water partition coefficient (Wildman–Crippen LogP) is 3.16. The molecular formula is C15H19BrF3N3O. The SMILES string of the molecule is FC(F)(F)c1cc(Br)cnc1N1CCCC(N2CCOCC2)C1. The minimum Gasteiger partial charge on any atom is -0.379 e. The molecule has 3 rings (SSSR count). The van der Waals surface area contributed by atoms with Crippen molar-refractivity contribution in [3.05, 3.63) is 22.3 Å². The van der Waals surface area contributed by atoms with E-state index in [2.05, 4.69) is 25.8 Å². The molecule has 1 unspecified atom stereocenters. The summed E-state index contributed by atoms with van der Waals surface area (Å²) in [5, 5.41) is 0. The van der Waals surface area contributed by atoms with Crippen molar-refractivity contribution in [1.29, 1.82) is 0 Å². The highest BCUT2D eigenvalue weighted by Gasteiger charge is 2.37. The normalized spacial score (nSPS) is 24.0. The average molecular weight is 394 g/mol. The van der Waals surface area contributed by atoms with Crippen molar-refractivity contribution in [3.8, 4) is 0 Å². The van der Waals surface area contributed by atoms with Crippen molar-refractivity contribution in [2.24, 2.45) is 0 Å². The van der Waals surface area contributed by atoms with Crippen LogP contribution >= 0.6 is 15.9 Å². The van der Waals surface area contributed by atoms with Crippen LogP contribution in [0, 0.1) is 0 Å². The number of rotatable bonds is 2. The fourth-order valence-corrected chi connectivity index (χ4v) is 3.61. The van der Waals surface area contributed by atoms with Crippen LogP contribution in [0.25, 0.3) is 0 Å². The largest absolute Gasteiger partial charge is 0.419 e. The molecule has 1 aromatic heterocycles. The minimum absolute atomic E-state index is 0.0404. The van der Waals surface area contributed by atoms with Gasteiger partial charge >= 0.3 is 6.18 Å². The van der Waals surface area contributed by atoms with Gasteiger partial charge in [-0.25, -0.2) is 4.98 Å². The maximum atomic E-state index is 13.3. The lowest BCUT2D eigenvalue weighted by molar-refractivity contribution is -0.137. The number of aromatic nitrogens is 1. The zero-order chi connectivity index (χ0) is 16.4. The molecule has 128 valence electrons. The van der Waals surface area contributed by atoms with Crippen molar-refractivity contribution in [2.45, 2.75) is 25.1 Å². The summed E-state index contributed by atoms with van der Waals surface area (Å²) in [6.07, 6.45) is -1.09. The summed E-state index contributed by atoms with van der Waals surface area (Å²) in [5.74, 6) is 0.0404. The van der Waals surface area contributed by atoms with Crippen LogP contribution in [0.5, 0.6) is 0 Å². The molecule has 2 saturated heterocycles. The number of alkyl halides is 3. The number of pyridine rings is 1. The average Bonchev–Trinajstić information content (AvgIpc) is 2.55. The van der Waals surface area contributed by atoms with E-state index in [4.69, 9.17) is 4.74 Å². The van der Waals surface area contributed by atoms with Crippen LogP contribution < -0.4 is 4.90 Å². The highest BCUT2D eigenvalue weighted by atomic mass is 79.9. The minimum atomic E-state index is -4.40. The van der Waals surface area contributed by atoms with E-state index in [1.165, 1.54) is 6.20 Å². The standard InChI is InChI=1S/C15H19BrF3N3O/c16-11-8-13(15(17,18)19)14(20-9-11)22-3-1-2-12(10-22)21-4-6-23-7-5-21/h8-9,12H,1-7,10H2. The summed E-state index contributed by atoms with van der Waals surface area (Å²) >= 11 is 3.08. The number of piperidine rings is 1. The van der Waals surface area contributed by atoms with Crippen molar-refractivity contribution in [2.75, 3.05) is 44.3 Å². The summed E-state index contributed by atoms with van der Waals surface area (Å²) in [7, 11) is 0. The molecule has 1 atom stereocenters. The second-order valence-corrected chi connectivity index (χ2v) is 6.83. The van der Waals surface area contributed by atoms with Crippen molar-refractivity contribution in [1.82, 2.24) is 9.88 Å². The molecule has 0 radical (unpaired) electrons. The topological polar surface area (TPSA) is 28.6 Å². The highest BCUT2D eigenvalue weighted by molar-refractivity contribution is 9.10. The molecule has 2 aliphatic heterocycles. The molecule has 4 nitrogen and oxygen atoms in total. The van der Waals surface area contributed by atoms with E-state index in [-0.39, 0.29) is 11.9 Å². The molecule has 2 fully saturated rings. The van der Waals surface area contributed by atoms with Crippen LogP contribution in [0.2, 0.25) is 0 Å². The predicted molar refractivity (Wildman–Crippen MR) is 84.6 cm³/mol. The zero-order valence-corrected chi connectivity index (χ0v) is 14.2. The van der Waals surface area contributed by atoms with E-state index in [0.717, 1.165) is 32.0 Å². The van der Waals surface area contributed by atoms with Crippen molar-refractivity contribution in [3.63, 3.8) is 0 Å².